The summed E-state index contributed by atoms with van der Waals surface area (Å²) in [4.78, 5) is 15.2. The summed E-state index contributed by atoms with van der Waals surface area (Å²) in [5.74, 6) is -0.0284. The van der Waals surface area contributed by atoms with Gasteiger partial charge in [0.25, 0.3) is 5.91 Å². The Kier molecular flexibility index (Phi) is 4.89. The van der Waals surface area contributed by atoms with Crippen molar-refractivity contribution in [3.63, 3.8) is 0 Å². The minimum Gasteiger partial charge on any atom is -0.308 e. The molecule has 0 bridgehead atoms. The summed E-state index contributed by atoms with van der Waals surface area (Å²) in [6.07, 6.45) is 0. The number of hydrogen-bond donors (Lipinski definition) is 1. The van der Waals surface area contributed by atoms with Crippen LogP contribution in [-0.2, 0) is 0 Å². The van der Waals surface area contributed by atoms with Gasteiger partial charge in [-0.05, 0) is 43.7 Å². The molecule has 0 unspecified atom stereocenters. The number of rotatable bonds is 3. The van der Waals surface area contributed by atoms with E-state index < -0.39 is 0 Å². The van der Waals surface area contributed by atoms with Crippen LogP contribution < -0.4 is 4.90 Å². The average molecular weight is 350 g/mol. The fourth-order valence-electron chi connectivity index (χ4n) is 2.12. The predicted octanol–water partition coefficient (Wildman–Crippen LogP) is 4.71. The van der Waals surface area contributed by atoms with E-state index in [-0.39, 0.29) is 5.91 Å². The number of hydrogen-bond acceptors (Lipinski definition) is 2. The van der Waals surface area contributed by atoms with Crippen LogP contribution in [0, 0.1) is 6.92 Å². The molecule has 0 aliphatic heterocycles. The zero-order valence-corrected chi connectivity index (χ0v) is 13.9. The van der Waals surface area contributed by atoms with Crippen LogP contribution in [0.1, 0.15) is 22.8 Å². The summed E-state index contributed by atoms with van der Waals surface area (Å²) < 4.78 is 0.915. The number of anilines is 1. The molecule has 0 saturated heterocycles. The van der Waals surface area contributed by atoms with Gasteiger partial charge in [-0.25, -0.2) is 0 Å². The Morgan fingerprint density at radius 2 is 1.95 bits per heavy atom. The van der Waals surface area contributed by atoms with Gasteiger partial charge in [0.1, 0.15) is 0 Å². The number of carbonyl (C=O) groups excluding carboxylic acids is 1. The van der Waals surface area contributed by atoms with Crippen LogP contribution in [0.15, 0.2) is 51.8 Å². The molecular weight excluding hydrogens is 334 g/mol. The third-order valence-electron chi connectivity index (χ3n) is 3.16. The molecule has 104 valence electrons. The number of aryl methyl sites for hydroxylation is 1. The first-order valence-electron chi connectivity index (χ1n) is 6.40. The number of carbonyl (C=O) groups is 1. The molecule has 0 N–H and O–H groups in total. The van der Waals surface area contributed by atoms with Gasteiger partial charge >= 0.3 is 0 Å². The summed E-state index contributed by atoms with van der Waals surface area (Å²) in [5, 5.41) is 0. The fraction of sp³-hybridized carbons (Fsp3) is 0.188. The number of amides is 1. The Hall–Kier alpha value is -1.26. The highest BCUT2D eigenvalue weighted by Crippen LogP contribution is 2.25. The van der Waals surface area contributed by atoms with Crippen molar-refractivity contribution in [2.45, 2.75) is 18.7 Å². The molecular formula is C16H16BrNOS. The lowest BCUT2D eigenvalue weighted by molar-refractivity contribution is 0.0985. The molecule has 2 nitrogen and oxygen atoms in total. The van der Waals surface area contributed by atoms with Gasteiger partial charge in [-0.2, -0.15) is 0 Å². The predicted molar refractivity (Wildman–Crippen MR) is 89.9 cm³/mol. The van der Waals surface area contributed by atoms with Gasteiger partial charge in [-0.1, -0.05) is 34.1 Å². The summed E-state index contributed by atoms with van der Waals surface area (Å²) in [6.45, 7) is 4.60. The van der Waals surface area contributed by atoms with Gasteiger partial charge in [0.05, 0.1) is 5.56 Å². The quantitative estimate of drug-likeness (QED) is 0.795. The number of nitrogens with zero attached hydrogens (tertiary/aromatic N) is 1. The molecule has 1 amide bonds. The van der Waals surface area contributed by atoms with Gasteiger partial charge in [-0.3, -0.25) is 4.79 Å². The largest absolute Gasteiger partial charge is 0.308 e. The first kappa shape index (κ1) is 15.1. The van der Waals surface area contributed by atoms with Crippen molar-refractivity contribution in [3.05, 3.63) is 58.1 Å². The van der Waals surface area contributed by atoms with E-state index >= 15 is 0 Å². The highest BCUT2D eigenvalue weighted by atomic mass is 79.9. The molecule has 0 radical (unpaired) electrons. The van der Waals surface area contributed by atoms with Crippen molar-refractivity contribution in [1.82, 2.24) is 0 Å². The lowest BCUT2D eigenvalue weighted by atomic mass is 10.1. The van der Waals surface area contributed by atoms with Crippen molar-refractivity contribution in [2.75, 3.05) is 11.4 Å². The second-order valence-electron chi connectivity index (χ2n) is 4.50. The van der Waals surface area contributed by atoms with Crippen LogP contribution in [0.4, 0.5) is 5.69 Å². The first-order valence-corrected chi connectivity index (χ1v) is 7.64. The first-order chi connectivity index (χ1) is 9.54. The summed E-state index contributed by atoms with van der Waals surface area (Å²) in [7, 11) is 0. The van der Waals surface area contributed by atoms with E-state index in [9.17, 15) is 4.79 Å². The SMILES string of the molecule is CCN(C(=O)c1ccc(Br)cc1S)c1ccccc1C. The highest BCUT2D eigenvalue weighted by molar-refractivity contribution is 9.10. The van der Waals surface area contributed by atoms with Crippen molar-refractivity contribution in [1.29, 1.82) is 0 Å². The molecule has 0 aliphatic carbocycles. The van der Waals surface area contributed by atoms with Gasteiger partial charge in [0, 0.05) is 21.6 Å². The third-order valence-corrected chi connectivity index (χ3v) is 4.02. The minimum atomic E-state index is -0.0284. The molecule has 2 rings (SSSR count). The van der Waals surface area contributed by atoms with Crippen molar-refractivity contribution >= 4 is 40.2 Å². The summed E-state index contributed by atoms with van der Waals surface area (Å²) in [5.41, 5.74) is 2.64. The van der Waals surface area contributed by atoms with E-state index in [1.807, 2.05) is 50.2 Å². The second-order valence-corrected chi connectivity index (χ2v) is 5.89. The van der Waals surface area contributed by atoms with Gasteiger partial charge in [0.15, 0.2) is 0 Å². The number of benzene rings is 2. The van der Waals surface area contributed by atoms with Crippen molar-refractivity contribution in [2.24, 2.45) is 0 Å². The minimum absolute atomic E-state index is 0.0284. The van der Waals surface area contributed by atoms with E-state index in [0.717, 1.165) is 15.7 Å². The lowest BCUT2D eigenvalue weighted by Gasteiger charge is -2.23. The summed E-state index contributed by atoms with van der Waals surface area (Å²) in [6, 6.07) is 13.4. The molecule has 0 heterocycles. The Balaban J connectivity index is 2.42. The maximum Gasteiger partial charge on any atom is 0.259 e. The van der Waals surface area contributed by atoms with Crippen LogP contribution in [0.5, 0.6) is 0 Å². The maximum absolute atomic E-state index is 12.7. The molecule has 2 aromatic rings. The fourth-order valence-corrected chi connectivity index (χ4v) is 2.97. The van der Waals surface area contributed by atoms with Crippen LogP contribution in [0.3, 0.4) is 0 Å². The average Bonchev–Trinajstić information content (AvgIpc) is 2.41. The molecule has 0 aliphatic rings. The zero-order chi connectivity index (χ0) is 14.7. The Bertz CT molecular complexity index is 642. The van der Waals surface area contributed by atoms with Crippen LogP contribution >= 0.6 is 28.6 Å². The smallest absolute Gasteiger partial charge is 0.259 e. The molecule has 0 fully saturated rings. The van der Waals surface area contributed by atoms with Crippen LogP contribution in [-0.4, -0.2) is 12.5 Å². The van der Waals surface area contributed by atoms with E-state index in [0.29, 0.717) is 17.0 Å². The third kappa shape index (κ3) is 3.07. The van der Waals surface area contributed by atoms with Crippen molar-refractivity contribution < 1.29 is 4.79 Å². The number of thiol groups is 1. The van der Waals surface area contributed by atoms with Crippen LogP contribution in [0.2, 0.25) is 0 Å². The Morgan fingerprint density at radius 1 is 1.25 bits per heavy atom. The highest BCUT2D eigenvalue weighted by Gasteiger charge is 2.19. The second kappa shape index (κ2) is 6.46. The van der Waals surface area contributed by atoms with Gasteiger partial charge in [0.2, 0.25) is 0 Å². The lowest BCUT2D eigenvalue weighted by Crippen LogP contribution is -2.31. The normalized spacial score (nSPS) is 10.4. The summed E-state index contributed by atoms with van der Waals surface area (Å²) >= 11 is 7.78. The van der Waals surface area contributed by atoms with E-state index in [1.54, 1.807) is 11.0 Å². The number of halogens is 1. The standard InChI is InChI=1S/C16H16BrNOS/c1-3-18(14-7-5-4-6-11(14)2)16(19)13-9-8-12(17)10-15(13)20/h4-10,20H,3H2,1-2H3. The van der Waals surface area contributed by atoms with Crippen LogP contribution in [0.25, 0.3) is 0 Å². The van der Waals surface area contributed by atoms with Gasteiger partial charge < -0.3 is 4.90 Å². The topological polar surface area (TPSA) is 20.3 Å². The van der Waals surface area contributed by atoms with Crippen molar-refractivity contribution in [3.8, 4) is 0 Å². The molecule has 0 aromatic heterocycles. The monoisotopic (exact) mass is 349 g/mol. The van der Waals surface area contributed by atoms with Gasteiger partial charge in [-0.15, -0.1) is 12.6 Å². The van der Waals surface area contributed by atoms with E-state index in [1.165, 1.54) is 0 Å². The molecule has 4 heteroatoms. The molecule has 0 saturated carbocycles. The molecule has 20 heavy (non-hydrogen) atoms. The Labute approximate surface area is 133 Å². The van der Waals surface area contributed by atoms with E-state index in [4.69, 9.17) is 0 Å². The maximum atomic E-state index is 12.7. The number of para-hydroxylation sites is 1. The molecule has 0 atom stereocenters. The Morgan fingerprint density at radius 3 is 2.55 bits per heavy atom. The molecule has 0 spiro atoms. The van der Waals surface area contributed by atoms with E-state index in [2.05, 4.69) is 28.6 Å². The zero-order valence-electron chi connectivity index (χ0n) is 11.4. The molecule has 2 aromatic carbocycles.